The predicted octanol–water partition coefficient (Wildman–Crippen LogP) is 4.59. The molecule has 2 heterocycles. The molecule has 0 bridgehead atoms. The lowest BCUT2D eigenvalue weighted by atomic mass is 9.86. The van der Waals surface area contributed by atoms with Crippen LogP contribution in [0.5, 0.6) is 0 Å². The van der Waals surface area contributed by atoms with Crippen molar-refractivity contribution in [2.75, 3.05) is 13.4 Å². The van der Waals surface area contributed by atoms with Crippen LogP contribution in [0.3, 0.4) is 0 Å². The zero-order valence-corrected chi connectivity index (χ0v) is 19.2. The van der Waals surface area contributed by atoms with Crippen LogP contribution in [0.1, 0.15) is 50.2 Å². The second-order valence-corrected chi connectivity index (χ2v) is 8.45. The molecule has 0 saturated heterocycles. The van der Waals surface area contributed by atoms with Gasteiger partial charge in [0.1, 0.15) is 11.7 Å². The van der Waals surface area contributed by atoms with Crippen LogP contribution in [0, 0.1) is 19.3 Å². The molecule has 0 radical (unpaired) electrons. The van der Waals surface area contributed by atoms with Gasteiger partial charge >= 0.3 is 6.16 Å². The van der Waals surface area contributed by atoms with Crippen LogP contribution in [0.2, 0.25) is 0 Å². The Morgan fingerprint density at radius 3 is 2.44 bits per heavy atom. The number of terminal acetylenes is 1. The maximum atomic E-state index is 11.7. The van der Waals surface area contributed by atoms with Gasteiger partial charge < -0.3 is 14.2 Å². The molecule has 1 unspecified atom stereocenters. The van der Waals surface area contributed by atoms with E-state index in [1.54, 1.807) is 0 Å². The molecule has 32 heavy (non-hydrogen) atoms. The highest BCUT2D eigenvalue weighted by molar-refractivity contribution is 6.03. The normalized spacial score (nSPS) is 15.6. The summed E-state index contributed by atoms with van der Waals surface area (Å²) < 4.78 is 17.7. The van der Waals surface area contributed by atoms with E-state index in [9.17, 15) is 4.79 Å². The first kappa shape index (κ1) is 23.1. The van der Waals surface area contributed by atoms with Crippen molar-refractivity contribution in [2.24, 2.45) is 4.99 Å². The highest BCUT2D eigenvalue weighted by Gasteiger charge is 2.29. The summed E-state index contributed by atoms with van der Waals surface area (Å²) >= 11 is 0. The van der Waals surface area contributed by atoms with E-state index in [1.165, 1.54) is 5.56 Å². The molecule has 0 amide bonds. The van der Waals surface area contributed by atoms with Crippen molar-refractivity contribution in [3.63, 3.8) is 0 Å². The van der Waals surface area contributed by atoms with Gasteiger partial charge in [-0.2, -0.15) is 5.10 Å². The number of aliphatic imine (C=N–C) groups is 1. The lowest BCUT2D eigenvalue weighted by Gasteiger charge is -2.20. The molecule has 1 aromatic heterocycles. The number of benzene rings is 1. The van der Waals surface area contributed by atoms with Gasteiger partial charge in [-0.15, -0.1) is 6.42 Å². The molecule has 0 aliphatic carbocycles. The Morgan fingerprint density at radius 2 is 1.88 bits per heavy atom. The summed E-state index contributed by atoms with van der Waals surface area (Å²) in [5, 5.41) is 4.54. The summed E-state index contributed by atoms with van der Waals surface area (Å²) in [6.45, 7) is 10.6. The number of aryl methyl sites for hydroxylation is 2. The van der Waals surface area contributed by atoms with E-state index in [0.717, 1.165) is 22.5 Å². The number of carbonyl (C=O) groups is 1. The third-order valence-electron chi connectivity index (χ3n) is 4.99. The maximum Gasteiger partial charge on any atom is 0.512 e. The van der Waals surface area contributed by atoms with Crippen molar-refractivity contribution in [3.05, 3.63) is 52.8 Å². The van der Waals surface area contributed by atoms with Gasteiger partial charge in [0.15, 0.2) is 12.4 Å². The van der Waals surface area contributed by atoms with Crippen LogP contribution in [0.25, 0.3) is 11.3 Å². The average Bonchev–Trinajstić information content (AvgIpc) is 3.51. The van der Waals surface area contributed by atoms with Crippen molar-refractivity contribution >= 4 is 23.7 Å². The Morgan fingerprint density at radius 1 is 1.19 bits per heavy atom. The molecule has 0 fully saturated rings. The van der Waals surface area contributed by atoms with Gasteiger partial charge in [-0.05, 0) is 36.5 Å². The van der Waals surface area contributed by atoms with Gasteiger partial charge in [-0.1, -0.05) is 51.0 Å². The van der Waals surface area contributed by atoms with E-state index in [-0.39, 0.29) is 24.9 Å². The fourth-order valence-electron chi connectivity index (χ4n) is 3.32. The molecule has 1 aliphatic heterocycles. The first-order valence-corrected chi connectivity index (χ1v) is 10.5. The van der Waals surface area contributed by atoms with Gasteiger partial charge in [0.05, 0.1) is 5.69 Å². The molecule has 1 aromatic carbocycles. The summed E-state index contributed by atoms with van der Waals surface area (Å²) in [6, 6.07) is 10.2. The number of carbonyl (C=O) groups excluding carboxylic acids is 1. The second-order valence-electron chi connectivity index (χ2n) is 8.45. The smallest absolute Gasteiger partial charge is 0.455 e. The Labute approximate surface area is 189 Å². The Hall–Kier alpha value is -3.53. The lowest BCUT2D eigenvalue weighted by Crippen LogP contribution is -2.14. The fourth-order valence-corrected chi connectivity index (χ4v) is 3.32. The molecule has 7 heteroatoms. The lowest BCUT2D eigenvalue weighted by molar-refractivity contribution is -0.000944. The Bertz CT molecular complexity index is 1060. The molecule has 0 saturated carbocycles. The monoisotopic (exact) mass is 435 g/mol. The Kier molecular flexibility index (Phi) is 7.04. The minimum Gasteiger partial charge on any atom is -0.455 e. The fraction of sp³-hybridized carbons (Fsp3) is 0.400. The van der Waals surface area contributed by atoms with Crippen LogP contribution < -0.4 is 0 Å². The first-order chi connectivity index (χ1) is 15.2. The van der Waals surface area contributed by atoms with Crippen LogP contribution >= 0.6 is 0 Å². The molecule has 3 rings (SSSR count). The van der Waals surface area contributed by atoms with Crippen molar-refractivity contribution in [2.45, 2.75) is 52.6 Å². The third kappa shape index (κ3) is 5.58. The SMILES string of the molecule is C#CCOC(=O)OCO/C(=C(\c1ccc(C(C)(C)C)cc1)C1C=N1)c1cc(C)nn1CC. The minimum atomic E-state index is -0.888. The van der Waals surface area contributed by atoms with Crippen molar-refractivity contribution in [1.82, 2.24) is 9.78 Å². The topological polar surface area (TPSA) is 74.9 Å². The van der Waals surface area contributed by atoms with E-state index in [2.05, 4.69) is 61.0 Å². The van der Waals surface area contributed by atoms with Crippen LogP contribution in [-0.2, 0) is 26.2 Å². The second kappa shape index (κ2) is 9.73. The number of aromatic nitrogens is 2. The quantitative estimate of drug-likeness (QED) is 0.262. The van der Waals surface area contributed by atoms with Gasteiger partial charge in [-0.25, -0.2) is 4.79 Å². The van der Waals surface area contributed by atoms with Gasteiger partial charge in [0, 0.05) is 18.3 Å². The number of hydrogen-bond acceptors (Lipinski definition) is 6. The molecule has 1 atom stereocenters. The molecule has 0 N–H and O–H groups in total. The number of rotatable bonds is 8. The molecular weight excluding hydrogens is 406 g/mol. The van der Waals surface area contributed by atoms with E-state index < -0.39 is 6.16 Å². The van der Waals surface area contributed by atoms with Gasteiger partial charge in [0.25, 0.3) is 0 Å². The summed E-state index contributed by atoms with van der Waals surface area (Å²) in [5.41, 5.74) is 4.79. The number of nitrogens with zero attached hydrogens (tertiary/aromatic N) is 3. The largest absolute Gasteiger partial charge is 0.512 e. The van der Waals surface area contributed by atoms with Crippen LogP contribution in [-0.4, -0.2) is 41.6 Å². The van der Waals surface area contributed by atoms with Gasteiger partial charge in [0.2, 0.25) is 6.79 Å². The summed E-state index contributed by atoms with van der Waals surface area (Å²) in [6.07, 6.45) is 6.07. The van der Waals surface area contributed by atoms with E-state index in [1.807, 2.05) is 30.8 Å². The molecule has 7 nitrogen and oxygen atoms in total. The van der Waals surface area contributed by atoms with Crippen molar-refractivity contribution < 1.29 is 19.0 Å². The zero-order chi connectivity index (χ0) is 23.3. The van der Waals surface area contributed by atoms with Crippen LogP contribution in [0.4, 0.5) is 4.79 Å². The molecule has 1 aliphatic rings. The number of hydrogen-bond donors (Lipinski definition) is 0. The van der Waals surface area contributed by atoms with Crippen molar-refractivity contribution in [3.8, 4) is 12.3 Å². The third-order valence-corrected chi connectivity index (χ3v) is 4.99. The van der Waals surface area contributed by atoms with E-state index in [4.69, 9.17) is 20.6 Å². The molecule has 0 spiro atoms. The Balaban J connectivity index is 2.00. The molecule has 168 valence electrons. The van der Waals surface area contributed by atoms with E-state index in [0.29, 0.717) is 12.3 Å². The minimum absolute atomic E-state index is 0.0440. The highest BCUT2D eigenvalue weighted by Crippen LogP contribution is 2.35. The summed E-state index contributed by atoms with van der Waals surface area (Å²) in [7, 11) is 0. The number of ether oxygens (including phenoxy) is 3. The predicted molar refractivity (Wildman–Crippen MR) is 124 cm³/mol. The van der Waals surface area contributed by atoms with Crippen molar-refractivity contribution in [1.29, 1.82) is 0 Å². The van der Waals surface area contributed by atoms with Crippen LogP contribution in [0.15, 0.2) is 35.3 Å². The summed E-state index contributed by atoms with van der Waals surface area (Å²) in [5.74, 6) is 2.78. The standard InChI is InChI=1S/C25H29N3O4/c1-7-13-30-24(29)32-16-31-23(21-14-17(3)27-28(21)8-2)22(20-15-26-20)18-9-11-19(12-10-18)25(4,5)6/h1,9-12,14-15,20H,8,13,16H2,2-6H3/b23-22+. The maximum absolute atomic E-state index is 11.7. The summed E-state index contributed by atoms with van der Waals surface area (Å²) in [4.78, 5) is 16.1. The first-order valence-electron chi connectivity index (χ1n) is 10.5. The zero-order valence-electron chi connectivity index (χ0n) is 19.2. The average molecular weight is 436 g/mol. The highest BCUT2D eigenvalue weighted by atomic mass is 16.8. The van der Waals surface area contributed by atoms with E-state index >= 15 is 0 Å². The molecule has 2 aromatic rings. The van der Waals surface area contributed by atoms with Gasteiger partial charge in [-0.3, -0.25) is 9.67 Å². The molecular formula is C25H29N3O4.